The summed E-state index contributed by atoms with van der Waals surface area (Å²) in [6.07, 6.45) is 0.821. The van der Waals surface area contributed by atoms with Crippen LogP contribution >= 0.6 is 11.6 Å². The molecule has 3 rings (SSSR count). The minimum absolute atomic E-state index is 0.124. The molecule has 3 nitrogen and oxygen atoms in total. The number of carbonyl (C=O) groups is 2. The second-order valence-corrected chi connectivity index (χ2v) is 5.57. The molecule has 1 aliphatic rings. The van der Waals surface area contributed by atoms with Gasteiger partial charge in [0.25, 0.3) is 0 Å². The van der Waals surface area contributed by atoms with Gasteiger partial charge in [0.1, 0.15) is 0 Å². The zero-order valence-electron chi connectivity index (χ0n) is 11.3. The van der Waals surface area contributed by atoms with Crippen LogP contribution in [0.25, 0.3) is 0 Å². The molecule has 4 heteroatoms. The Morgan fingerprint density at radius 1 is 1.00 bits per heavy atom. The van der Waals surface area contributed by atoms with Crippen molar-refractivity contribution in [1.29, 1.82) is 0 Å². The van der Waals surface area contributed by atoms with E-state index in [9.17, 15) is 9.59 Å². The van der Waals surface area contributed by atoms with Crippen molar-refractivity contribution in [2.75, 3.05) is 4.90 Å². The fourth-order valence-electron chi connectivity index (χ4n) is 2.61. The van der Waals surface area contributed by atoms with E-state index in [2.05, 4.69) is 0 Å². The first-order chi connectivity index (χ1) is 10.1. The van der Waals surface area contributed by atoms with Crippen molar-refractivity contribution >= 4 is 29.1 Å². The van der Waals surface area contributed by atoms with Gasteiger partial charge in [-0.25, -0.2) is 0 Å². The van der Waals surface area contributed by atoms with Gasteiger partial charge in [0, 0.05) is 11.4 Å². The molecule has 21 heavy (non-hydrogen) atoms. The van der Waals surface area contributed by atoms with Crippen molar-refractivity contribution in [3.63, 3.8) is 0 Å². The van der Waals surface area contributed by atoms with Crippen LogP contribution in [0.4, 0.5) is 5.69 Å². The SMILES string of the molecule is O=C1C[C@@H](Cc2ccc(Cl)cc2)C(=O)N1c1ccccc1. The van der Waals surface area contributed by atoms with Crippen molar-refractivity contribution in [3.8, 4) is 0 Å². The predicted octanol–water partition coefficient (Wildman–Crippen LogP) is 3.46. The molecular weight excluding hydrogens is 286 g/mol. The number of hydrogen-bond donors (Lipinski definition) is 0. The Balaban J connectivity index is 1.79. The van der Waals surface area contributed by atoms with Gasteiger partial charge >= 0.3 is 0 Å². The first-order valence-electron chi connectivity index (χ1n) is 6.81. The molecule has 0 aliphatic carbocycles. The molecule has 2 aromatic carbocycles. The van der Waals surface area contributed by atoms with E-state index in [0.29, 0.717) is 17.1 Å². The van der Waals surface area contributed by atoms with Gasteiger partial charge in [-0.3, -0.25) is 14.5 Å². The van der Waals surface area contributed by atoms with Gasteiger partial charge in [0.2, 0.25) is 11.8 Å². The van der Waals surface area contributed by atoms with Crippen molar-refractivity contribution in [3.05, 3.63) is 65.2 Å². The number of anilines is 1. The molecule has 0 saturated carbocycles. The summed E-state index contributed by atoms with van der Waals surface area (Å²) in [5.74, 6) is -0.551. The maximum atomic E-state index is 12.5. The number of halogens is 1. The Morgan fingerprint density at radius 2 is 1.67 bits per heavy atom. The number of amides is 2. The minimum Gasteiger partial charge on any atom is -0.274 e. The number of benzene rings is 2. The van der Waals surface area contributed by atoms with Crippen LogP contribution in [0, 0.1) is 5.92 Å². The zero-order chi connectivity index (χ0) is 14.8. The highest BCUT2D eigenvalue weighted by atomic mass is 35.5. The van der Waals surface area contributed by atoms with Gasteiger partial charge in [-0.1, -0.05) is 41.9 Å². The fourth-order valence-corrected chi connectivity index (χ4v) is 2.73. The molecule has 1 atom stereocenters. The molecule has 0 bridgehead atoms. The molecule has 106 valence electrons. The molecule has 0 aromatic heterocycles. The smallest absolute Gasteiger partial charge is 0.237 e. The lowest BCUT2D eigenvalue weighted by molar-refractivity contribution is -0.122. The number of para-hydroxylation sites is 1. The van der Waals surface area contributed by atoms with Crippen LogP contribution in [0.15, 0.2) is 54.6 Å². The highest BCUT2D eigenvalue weighted by Gasteiger charge is 2.39. The van der Waals surface area contributed by atoms with Crippen molar-refractivity contribution in [2.24, 2.45) is 5.92 Å². The fraction of sp³-hybridized carbons (Fsp3) is 0.176. The third-order valence-corrected chi connectivity index (χ3v) is 3.90. The summed E-state index contributed by atoms with van der Waals surface area (Å²) in [6.45, 7) is 0. The first kappa shape index (κ1) is 13.8. The van der Waals surface area contributed by atoms with Gasteiger partial charge < -0.3 is 0 Å². The van der Waals surface area contributed by atoms with Crippen LogP contribution in [0.3, 0.4) is 0 Å². The molecular formula is C17H14ClNO2. The number of hydrogen-bond acceptors (Lipinski definition) is 2. The van der Waals surface area contributed by atoms with E-state index in [1.54, 1.807) is 24.3 Å². The summed E-state index contributed by atoms with van der Waals surface area (Å²) >= 11 is 5.85. The van der Waals surface area contributed by atoms with E-state index in [0.717, 1.165) is 5.56 Å². The normalized spacial score (nSPS) is 18.3. The Morgan fingerprint density at radius 3 is 2.33 bits per heavy atom. The minimum atomic E-state index is -0.293. The lowest BCUT2D eigenvalue weighted by atomic mass is 9.98. The zero-order valence-corrected chi connectivity index (χ0v) is 12.1. The topological polar surface area (TPSA) is 37.4 Å². The first-order valence-corrected chi connectivity index (χ1v) is 7.19. The Hall–Kier alpha value is -2.13. The van der Waals surface area contributed by atoms with Gasteiger partial charge in [0.05, 0.1) is 11.6 Å². The maximum absolute atomic E-state index is 12.5. The lowest BCUT2D eigenvalue weighted by Gasteiger charge is -2.14. The van der Waals surface area contributed by atoms with E-state index in [1.807, 2.05) is 30.3 Å². The van der Waals surface area contributed by atoms with Crippen molar-refractivity contribution < 1.29 is 9.59 Å². The molecule has 0 unspecified atom stereocenters. The van der Waals surface area contributed by atoms with E-state index in [-0.39, 0.29) is 24.2 Å². The van der Waals surface area contributed by atoms with Crippen molar-refractivity contribution in [1.82, 2.24) is 0 Å². The second kappa shape index (κ2) is 5.70. The van der Waals surface area contributed by atoms with Crippen LogP contribution in [0.2, 0.25) is 5.02 Å². The molecule has 1 aliphatic heterocycles. The third-order valence-electron chi connectivity index (χ3n) is 3.65. The highest BCUT2D eigenvalue weighted by Crippen LogP contribution is 2.28. The van der Waals surface area contributed by atoms with Crippen LogP contribution in [-0.2, 0) is 16.0 Å². The Kier molecular flexibility index (Phi) is 3.76. The third kappa shape index (κ3) is 2.83. The quantitative estimate of drug-likeness (QED) is 0.814. The molecule has 1 heterocycles. The van der Waals surface area contributed by atoms with Crippen LogP contribution in [0.5, 0.6) is 0 Å². The summed E-state index contributed by atoms with van der Waals surface area (Å²) in [5.41, 5.74) is 1.66. The van der Waals surface area contributed by atoms with Crippen LogP contribution in [-0.4, -0.2) is 11.8 Å². The number of nitrogens with zero attached hydrogens (tertiary/aromatic N) is 1. The number of imide groups is 1. The number of rotatable bonds is 3. The van der Waals surface area contributed by atoms with Crippen molar-refractivity contribution in [2.45, 2.75) is 12.8 Å². The number of carbonyl (C=O) groups excluding carboxylic acids is 2. The van der Waals surface area contributed by atoms with E-state index in [1.165, 1.54) is 4.90 Å². The molecule has 0 spiro atoms. The summed E-state index contributed by atoms with van der Waals surface area (Å²) in [6, 6.07) is 16.4. The highest BCUT2D eigenvalue weighted by molar-refractivity contribution is 6.30. The lowest BCUT2D eigenvalue weighted by Crippen LogP contribution is -2.30. The van der Waals surface area contributed by atoms with Gasteiger partial charge in [-0.15, -0.1) is 0 Å². The standard InChI is InChI=1S/C17H14ClNO2/c18-14-8-6-12(7-9-14)10-13-11-16(20)19(17(13)21)15-4-2-1-3-5-15/h1-9,13H,10-11H2/t13-/m1/s1. The van der Waals surface area contributed by atoms with Gasteiger partial charge in [-0.2, -0.15) is 0 Å². The molecule has 2 aromatic rings. The molecule has 0 N–H and O–H groups in total. The van der Waals surface area contributed by atoms with Crippen LogP contribution < -0.4 is 4.90 Å². The molecule has 0 radical (unpaired) electrons. The Bertz CT molecular complexity index is 667. The van der Waals surface area contributed by atoms with Gasteiger partial charge in [0.15, 0.2) is 0 Å². The summed E-state index contributed by atoms with van der Waals surface area (Å²) in [4.78, 5) is 25.9. The van der Waals surface area contributed by atoms with E-state index < -0.39 is 0 Å². The average molecular weight is 300 g/mol. The monoisotopic (exact) mass is 299 g/mol. The summed E-state index contributed by atoms with van der Waals surface area (Å²) in [5, 5.41) is 0.665. The second-order valence-electron chi connectivity index (χ2n) is 5.13. The van der Waals surface area contributed by atoms with E-state index >= 15 is 0 Å². The summed E-state index contributed by atoms with van der Waals surface area (Å²) < 4.78 is 0. The molecule has 1 fully saturated rings. The summed E-state index contributed by atoms with van der Waals surface area (Å²) in [7, 11) is 0. The average Bonchev–Trinajstić information content (AvgIpc) is 2.77. The molecule has 1 saturated heterocycles. The Labute approximate surface area is 128 Å². The predicted molar refractivity (Wildman–Crippen MR) is 82.2 cm³/mol. The largest absolute Gasteiger partial charge is 0.274 e. The van der Waals surface area contributed by atoms with Gasteiger partial charge in [-0.05, 0) is 36.2 Å². The maximum Gasteiger partial charge on any atom is 0.237 e. The molecule has 2 amide bonds. The van der Waals surface area contributed by atoms with E-state index in [4.69, 9.17) is 11.6 Å². The van der Waals surface area contributed by atoms with Crippen LogP contribution in [0.1, 0.15) is 12.0 Å².